The second-order valence-corrected chi connectivity index (χ2v) is 5.22. The number of halogens is 3. The van der Waals surface area contributed by atoms with Crippen LogP contribution in [0.5, 0.6) is 5.88 Å². The van der Waals surface area contributed by atoms with Gasteiger partial charge in [0.05, 0.1) is 15.9 Å². The van der Waals surface area contributed by atoms with Crippen LogP contribution < -0.4 is 4.74 Å². The van der Waals surface area contributed by atoms with E-state index in [0.717, 1.165) is 5.56 Å². The van der Waals surface area contributed by atoms with E-state index in [0.29, 0.717) is 26.8 Å². The normalized spacial score (nSPS) is 10.8. The Morgan fingerprint density at radius 3 is 2.57 bits per heavy atom. The zero-order valence-corrected chi connectivity index (χ0v) is 12.2. The second kappa shape index (κ2) is 5.84. The Morgan fingerprint density at radius 1 is 1.05 bits per heavy atom. The van der Waals surface area contributed by atoms with Crippen LogP contribution in [0, 0.1) is 5.82 Å². The Hall–Kier alpha value is -1.91. The van der Waals surface area contributed by atoms with Gasteiger partial charge in [0.1, 0.15) is 18.8 Å². The fourth-order valence-corrected chi connectivity index (χ4v) is 2.46. The fraction of sp³-hybridized carbons (Fsp3) is 0.0667. The Labute approximate surface area is 130 Å². The molecule has 0 saturated carbocycles. The molecule has 0 aliphatic rings. The summed E-state index contributed by atoms with van der Waals surface area (Å²) in [4.78, 5) is 8.21. The van der Waals surface area contributed by atoms with Gasteiger partial charge in [-0.2, -0.15) is 0 Å². The van der Waals surface area contributed by atoms with E-state index in [2.05, 4.69) is 9.97 Å². The first-order valence-electron chi connectivity index (χ1n) is 6.10. The average molecular weight is 323 g/mol. The molecule has 3 rings (SSSR count). The van der Waals surface area contributed by atoms with Crippen molar-refractivity contribution in [1.82, 2.24) is 9.97 Å². The molecule has 0 spiro atoms. The first kappa shape index (κ1) is 14.0. The maximum atomic E-state index is 12.9. The molecule has 0 fully saturated rings. The first-order valence-corrected chi connectivity index (χ1v) is 6.86. The summed E-state index contributed by atoms with van der Waals surface area (Å²) in [7, 11) is 0. The summed E-state index contributed by atoms with van der Waals surface area (Å²) < 4.78 is 18.5. The Balaban J connectivity index is 1.92. The Kier molecular flexibility index (Phi) is 3.90. The van der Waals surface area contributed by atoms with Crippen LogP contribution in [-0.2, 0) is 6.61 Å². The molecule has 106 valence electrons. The summed E-state index contributed by atoms with van der Waals surface area (Å²) in [5.74, 6) is 0.0959. The molecular formula is C15H9Cl2FN2O. The van der Waals surface area contributed by atoms with E-state index in [1.165, 1.54) is 18.5 Å². The topological polar surface area (TPSA) is 35.0 Å². The van der Waals surface area contributed by atoms with Gasteiger partial charge in [-0.1, -0.05) is 35.3 Å². The van der Waals surface area contributed by atoms with Gasteiger partial charge in [-0.25, -0.2) is 14.4 Å². The first-order chi connectivity index (χ1) is 10.1. The lowest BCUT2D eigenvalue weighted by Crippen LogP contribution is -1.99. The predicted octanol–water partition coefficient (Wildman–Crippen LogP) is 4.65. The van der Waals surface area contributed by atoms with E-state index in [4.69, 9.17) is 27.9 Å². The van der Waals surface area contributed by atoms with E-state index in [1.807, 2.05) is 0 Å². The standard InChI is InChI=1S/C15H9Cl2FN2O/c16-10-5-12-14(13(17)6-10)19-8-20-15(12)21-7-9-1-3-11(18)4-2-9/h1-6,8H,7H2. The molecule has 2 aromatic carbocycles. The third-order valence-corrected chi connectivity index (χ3v) is 3.42. The number of fused-ring (bicyclic) bond motifs is 1. The van der Waals surface area contributed by atoms with Crippen molar-refractivity contribution in [2.24, 2.45) is 0 Å². The predicted molar refractivity (Wildman–Crippen MR) is 80.3 cm³/mol. The molecule has 0 aliphatic carbocycles. The summed E-state index contributed by atoms with van der Waals surface area (Å²) in [6.45, 7) is 0.260. The van der Waals surface area contributed by atoms with Crippen LogP contribution in [0.2, 0.25) is 10.0 Å². The Morgan fingerprint density at radius 2 is 1.81 bits per heavy atom. The van der Waals surface area contributed by atoms with Crippen LogP contribution in [0.15, 0.2) is 42.7 Å². The van der Waals surface area contributed by atoms with Crippen molar-refractivity contribution < 1.29 is 9.13 Å². The quantitative estimate of drug-likeness (QED) is 0.703. The second-order valence-electron chi connectivity index (χ2n) is 4.38. The van der Waals surface area contributed by atoms with Gasteiger partial charge >= 0.3 is 0 Å². The zero-order chi connectivity index (χ0) is 14.8. The lowest BCUT2D eigenvalue weighted by Gasteiger charge is -2.09. The molecule has 1 heterocycles. The van der Waals surface area contributed by atoms with Crippen molar-refractivity contribution in [1.29, 1.82) is 0 Å². The molecule has 21 heavy (non-hydrogen) atoms. The molecule has 0 aliphatic heterocycles. The number of hydrogen-bond donors (Lipinski definition) is 0. The van der Waals surface area contributed by atoms with E-state index in [-0.39, 0.29) is 12.4 Å². The van der Waals surface area contributed by atoms with Crippen LogP contribution in [-0.4, -0.2) is 9.97 Å². The van der Waals surface area contributed by atoms with Crippen LogP contribution in [0.3, 0.4) is 0 Å². The van der Waals surface area contributed by atoms with Gasteiger partial charge in [-0.3, -0.25) is 0 Å². The van der Waals surface area contributed by atoms with Crippen molar-refractivity contribution >= 4 is 34.1 Å². The number of aromatic nitrogens is 2. The highest BCUT2D eigenvalue weighted by molar-refractivity contribution is 6.38. The summed E-state index contributed by atoms with van der Waals surface area (Å²) >= 11 is 12.1. The number of nitrogens with zero attached hydrogens (tertiary/aromatic N) is 2. The van der Waals surface area contributed by atoms with Crippen LogP contribution in [0.25, 0.3) is 10.9 Å². The van der Waals surface area contributed by atoms with Crippen molar-refractivity contribution in [3.05, 3.63) is 64.2 Å². The minimum atomic E-state index is -0.287. The van der Waals surface area contributed by atoms with Crippen LogP contribution >= 0.6 is 23.2 Å². The van der Waals surface area contributed by atoms with Gasteiger partial charge in [0.15, 0.2) is 0 Å². The van der Waals surface area contributed by atoms with Gasteiger partial charge in [0.2, 0.25) is 5.88 Å². The largest absolute Gasteiger partial charge is 0.472 e. The number of benzene rings is 2. The molecule has 3 nitrogen and oxygen atoms in total. The molecule has 0 radical (unpaired) electrons. The lowest BCUT2D eigenvalue weighted by atomic mass is 10.2. The van der Waals surface area contributed by atoms with Gasteiger partial charge in [-0.05, 0) is 29.8 Å². The van der Waals surface area contributed by atoms with E-state index < -0.39 is 0 Å². The SMILES string of the molecule is Fc1ccc(COc2ncnc3c(Cl)cc(Cl)cc23)cc1. The average Bonchev–Trinajstić information content (AvgIpc) is 2.47. The molecule has 0 saturated heterocycles. The van der Waals surface area contributed by atoms with Gasteiger partial charge < -0.3 is 4.74 Å². The third-order valence-electron chi connectivity index (χ3n) is 2.91. The minimum absolute atomic E-state index is 0.260. The molecule has 0 N–H and O–H groups in total. The summed E-state index contributed by atoms with van der Waals surface area (Å²) in [5, 5.41) is 1.55. The van der Waals surface area contributed by atoms with Crippen molar-refractivity contribution in [3.63, 3.8) is 0 Å². The molecule has 0 atom stereocenters. The van der Waals surface area contributed by atoms with E-state index in [9.17, 15) is 4.39 Å². The van der Waals surface area contributed by atoms with Crippen molar-refractivity contribution in [2.45, 2.75) is 6.61 Å². The molecule has 6 heteroatoms. The van der Waals surface area contributed by atoms with E-state index in [1.54, 1.807) is 24.3 Å². The summed E-state index contributed by atoms with van der Waals surface area (Å²) in [6, 6.07) is 9.37. The lowest BCUT2D eigenvalue weighted by molar-refractivity contribution is 0.297. The summed E-state index contributed by atoms with van der Waals surface area (Å²) in [6.07, 6.45) is 1.38. The molecule has 3 aromatic rings. The highest BCUT2D eigenvalue weighted by atomic mass is 35.5. The number of rotatable bonds is 3. The van der Waals surface area contributed by atoms with Crippen molar-refractivity contribution in [2.75, 3.05) is 0 Å². The van der Waals surface area contributed by atoms with Crippen LogP contribution in [0.1, 0.15) is 5.56 Å². The molecular weight excluding hydrogens is 314 g/mol. The zero-order valence-electron chi connectivity index (χ0n) is 10.7. The van der Waals surface area contributed by atoms with E-state index >= 15 is 0 Å². The molecule has 0 unspecified atom stereocenters. The highest BCUT2D eigenvalue weighted by Crippen LogP contribution is 2.31. The highest BCUT2D eigenvalue weighted by Gasteiger charge is 2.09. The smallest absolute Gasteiger partial charge is 0.224 e. The van der Waals surface area contributed by atoms with Gasteiger partial charge in [-0.15, -0.1) is 0 Å². The minimum Gasteiger partial charge on any atom is -0.472 e. The maximum absolute atomic E-state index is 12.9. The monoisotopic (exact) mass is 322 g/mol. The molecule has 0 amide bonds. The molecule has 1 aromatic heterocycles. The van der Waals surface area contributed by atoms with Crippen LogP contribution in [0.4, 0.5) is 4.39 Å². The van der Waals surface area contributed by atoms with Gasteiger partial charge in [0.25, 0.3) is 0 Å². The summed E-state index contributed by atoms with van der Waals surface area (Å²) in [5.41, 5.74) is 1.40. The maximum Gasteiger partial charge on any atom is 0.224 e. The fourth-order valence-electron chi connectivity index (χ4n) is 1.92. The van der Waals surface area contributed by atoms with Gasteiger partial charge in [0, 0.05) is 5.02 Å². The third kappa shape index (κ3) is 3.06. The Bertz CT molecular complexity index is 794. The number of ether oxygens (including phenoxy) is 1. The number of hydrogen-bond acceptors (Lipinski definition) is 3. The molecule has 0 bridgehead atoms. The van der Waals surface area contributed by atoms with Crippen molar-refractivity contribution in [3.8, 4) is 5.88 Å².